The Morgan fingerprint density at radius 1 is 1.30 bits per heavy atom. The van der Waals surface area contributed by atoms with E-state index in [1.807, 2.05) is 17.5 Å². The number of hydrogen-bond acceptors (Lipinski definition) is 6. The monoisotopic (exact) mass is 382 g/mol. The van der Waals surface area contributed by atoms with Gasteiger partial charge in [-0.15, -0.1) is 16.2 Å². The number of rotatable bonds is 5. The number of pyridine rings is 1. The second kappa shape index (κ2) is 7.72. The molecule has 0 unspecified atom stereocenters. The van der Waals surface area contributed by atoms with Crippen LogP contribution in [0.15, 0.2) is 39.6 Å². The minimum atomic E-state index is -0.1000. The maximum absolute atomic E-state index is 12.2. The van der Waals surface area contributed by atoms with E-state index < -0.39 is 0 Å². The van der Waals surface area contributed by atoms with Crippen molar-refractivity contribution in [1.82, 2.24) is 9.88 Å². The second-order valence-electron chi connectivity index (χ2n) is 7.01. The van der Waals surface area contributed by atoms with Crippen molar-refractivity contribution in [2.24, 2.45) is 16.8 Å². The van der Waals surface area contributed by atoms with Gasteiger partial charge in [0, 0.05) is 28.4 Å². The van der Waals surface area contributed by atoms with Crippen LogP contribution in [0.3, 0.4) is 0 Å². The van der Waals surface area contributed by atoms with Crippen LogP contribution in [0.2, 0.25) is 0 Å². The molecule has 3 aromatic rings. The number of nitrogens with zero attached hydrogens (tertiary/aromatic N) is 2. The number of nitrogens with two attached hydrogens (primary N) is 1. The first-order valence-corrected chi connectivity index (χ1v) is 10.1. The molecule has 1 fully saturated rings. The third-order valence-electron chi connectivity index (χ3n) is 5.40. The van der Waals surface area contributed by atoms with Crippen molar-refractivity contribution in [3.63, 3.8) is 0 Å². The molecule has 0 amide bonds. The van der Waals surface area contributed by atoms with Crippen LogP contribution in [-0.4, -0.2) is 36.1 Å². The third kappa shape index (κ3) is 3.45. The Kier molecular flexibility index (Phi) is 5.15. The van der Waals surface area contributed by atoms with Gasteiger partial charge in [0.25, 0.3) is 5.56 Å². The zero-order chi connectivity index (χ0) is 18.8. The number of likely N-dealkylation sites (tertiary alicyclic amines) is 1. The molecule has 3 N–H and O–H groups in total. The van der Waals surface area contributed by atoms with Crippen molar-refractivity contribution in [3.8, 4) is 0 Å². The molecule has 2 aromatic heterocycles. The third-order valence-corrected chi connectivity index (χ3v) is 6.31. The van der Waals surface area contributed by atoms with Crippen molar-refractivity contribution in [2.75, 3.05) is 26.2 Å². The number of aromatic amines is 1. The summed E-state index contributed by atoms with van der Waals surface area (Å²) in [6, 6.07) is 5.34. The first-order chi connectivity index (χ1) is 13.2. The fourth-order valence-corrected chi connectivity index (χ4v) is 4.63. The van der Waals surface area contributed by atoms with Crippen LogP contribution >= 0.6 is 11.3 Å². The summed E-state index contributed by atoms with van der Waals surface area (Å²) in [5.41, 5.74) is 7.54. The Morgan fingerprint density at radius 2 is 2.11 bits per heavy atom. The van der Waals surface area contributed by atoms with E-state index in [1.54, 1.807) is 12.1 Å². The first-order valence-electron chi connectivity index (χ1n) is 9.19. The van der Waals surface area contributed by atoms with E-state index >= 15 is 0 Å². The van der Waals surface area contributed by atoms with Gasteiger partial charge in [-0.3, -0.25) is 9.69 Å². The molecule has 1 saturated heterocycles. The van der Waals surface area contributed by atoms with E-state index in [1.165, 1.54) is 11.3 Å². The average Bonchev–Trinajstić information content (AvgIpc) is 3.19. The molecule has 0 spiro atoms. The SMILES string of the molecule is NCC1CCN(CC=Cc2c(N=O)ccc3[nH]c(=O)c4sccc4c23)CC1. The quantitative estimate of drug-likeness (QED) is 0.656. The van der Waals surface area contributed by atoms with Crippen molar-refractivity contribution in [1.29, 1.82) is 0 Å². The smallest absolute Gasteiger partial charge is 0.266 e. The molecule has 7 heteroatoms. The van der Waals surface area contributed by atoms with Gasteiger partial charge in [-0.1, -0.05) is 12.2 Å². The lowest BCUT2D eigenvalue weighted by molar-refractivity contribution is 0.204. The van der Waals surface area contributed by atoms with Gasteiger partial charge >= 0.3 is 0 Å². The summed E-state index contributed by atoms with van der Waals surface area (Å²) >= 11 is 1.40. The number of piperidine rings is 1. The predicted octanol–water partition coefficient (Wildman–Crippen LogP) is 3.82. The fraction of sp³-hybridized carbons (Fsp3) is 0.350. The fourth-order valence-electron chi connectivity index (χ4n) is 3.84. The number of hydrogen-bond donors (Lipinski definition) is 2. The number of nitrogens with one attached hydrogen (secondary N) is 1. The predicted molar refractivity (Wildman–Crippen MR) is 113 cm³/mol. The summed E-state index contributed by atoms with van der Waals surface area (Å²) in [5.74, 6) is 0.637. The lowest BCUT2D eigenvalue weighted by Gasteiger charge is -2.30. The molecule has 1 aliphatic heterocycles. The van der Waals surface area contributed by atoms with E-state index in [9.17, 15) is 9.70 Å². The molecule has 1 aliphatic rings. The number of benzene rings is 1. The number of H-pyrrole nitrogens is 1. The number of nitroso groups, excluding NO2 is 1. The van der Waals surface area contributed by atoms with Crippen LogP contribution in [0.25, 0.3) is 27.1 Å². The van der Waals surface area contributed by atoms with E-state index in [2.05, 4.69) is 21.1 Å². The Morgan fingerprint density at radius 3 is 2.85 bits per heavy atom. The summed E-state index contributed by atoms with van der Waals surface area (Å²) in [6.45, 7) is 3.68. The Labute approximate surface area is 160 Å². The molecule has 0 radical (unpaired) electrons. The first kappa shape index (κ1) is 18.0. The van der Waals surface area contributed by atoms with Crippen molar-refractivity contribution < 1.29 is 0 Å². The van der Waals surface area contributed by atoms with Crippen LogP contribution in [0, 0.1) is 10.8 Å². The standard InChI is InChI=1S/C20H22N4O2S/c21-12-13-5-9-24(10-6-13)8-1-2-14-16(23-26)3-4-17-18(14)15-7-11-27-19(15)20(25)22-17/h1-4,7,11,13H,5-6,8-10,12,21H2,(H,22,25). The lowest BCUT2D eigenvalue weighted by Crippen LogP contribution is -2.36. The maximum atomic E-state index is 12.2. The summed E-state index contributed by atoms with van der Waals surface area (Å²) in [5, 5.41) is 6.85. The van der Waals surface area contributed by atoms with Gasteiger partial charge in [-0.05, 0) is 67.1 Å². The van der Waals surface area contributed by atoms with Crippen molar-refractivity contribution in [2.45, 2.75) is 12.8 Å². The van der Waals surface area contributed by atoms with Gasteiger partial charge in [-0.25, -0.2) is 0 Å². The molecule has 140 valence electrons. The zero-order valence-corrected chi connectivity index (χ0v) is 15.8. The normalized spacial score (nSPS) is 16.6. The van der Waals surface area contributed by atoms with Crippen molar-refractivity contribution in [3.05, 3.63) is 50.5 Å². The molecular weight excluding hydrogens is 360 g/mol. The van der Waals surface area contributed by atoms with E-state index in [-0.39, 0.29) is 5.56 Å². The zero-order valence-electron chi connectivity index (χ0n) is 15.0. The van der Waals surface area contributed by atoms with Crippen LogP contribution in [0.4, 0.5) is 5.69 Å². The number of fused-ring (bicyclic) bond motifs is 3. The number of aromatic nitrogens is 1. The van der Waals surface area contributed by atoms with Crippen LogP contribution < -0.4 is 11.3 Å². The number of thiophene rings is 1. The molecule has 1 aromatic carbocycles. The minimum Gasteiger partial charge on any atom is -0.330 e. The highest BCUT2D eigenvalue weighted by Gasteiger charge is 2.17. The van der Waals surface area contributed by atoms with Gasteiger partial charge in [0.15, 0.2) is 0 Å². The van der Waals surface area contributed by atoms with Gasteiger partial charge < -0.3 is 10.7 Å². The van der Waals surface area contributed by atoms with Gasteiger partial charge in [-0.2, -0.15) is 0 Å². The molecule has 6 nitrogen and oxygen atoms in total. The molecule has 0 bridgehead atoms. The van der Waals surface area contributed by atoms with Crippen molar-refractivity contribution >= 4 is 44.1 Å². The van der Waals surface area contributed by atoms with Gasteiger partial charge in [0.05, 0.1) is 0 Å². The summed E-state index contributed by atoms with van der Waals surface area (Å²) in [7, 11) is 0. The maximum Gasteiger partial charge on any atom is 0.266 e. The Balaban J connectivity index is 1.69. The van der Waals surface area contributed by atoms with Crippen LogP contribution in [0.5, 0.6) is 0 Å². The average molecular weight is 382 g/mol. The molecule has 4 rings (SSSR count). The highest BCUT2D eigenvalue weighted by molar-refractivity contribution is 7.17. The van der Waals surface area contributed by atoms with Crippen LogP contribution in [0.1, 0.15) is 18.4 Å². The molecular formula is C20H22N4O2S. The highest BCUT2D eigenvalue weighted by atomic mass is 32.1. The lowest BCUT2D eigenvalue weighted by atomic mass is 9.97. The molecule has 0 aliphatic carbocycles. The van der Waals surface area contributed by atoms with E-state index in [4.69, 9.17) is 5.73 Å². The van der Waals surface area contributed by atoms with Crippen LogP contribution in [-0.2, 0) is 0 Å². The van der Waals surface area contributed by atoms with Gasteiger partial charge in [0.1, 0.15) is 10.4 Å². The largest absolute Gasteiger partial charge is 0.330 e. The Bertz CT molecular complexity index is 1060. The summed E-state index contributed by atoms with van der Waals surface area (Å²) in [6.07, 6.45) is 6.31. The minimum absolute atomic E-state index is 0.1000. The van der Waals surface area contributed by atoms with E-state index in [0.29, 0.717) is 16.3 Å². The topological polar surface area (TPSA) is 91.5 Å². The molecule has 0 atom stereocenters. The second-order valence-corrected chi connectivity index (χ2v) is 7.93. The molecule has 3 heterocycles. The van der Waals surface area contributed by atoms with Gasteiger partial charge in [0.2, 0.25) is 0 Å². The summed E-state index contributed by atoms with van der Waals surface area (Å²) in [4.78, 5) is 28.9. The van der Waals surface area contributed by atoms with E-state index in [0.717, 1.165) is 60.9 Å². The summed E-state index contributed by atoms with van der Waals surface area (Å²) < 4.78 is 0.670. The molecule has 0 saturated carbocycles. The Hall–Kier alpha value is -2.35. The molecule has 27 heavy (non-hydrogen) atoms. The highest BCUT2D eigenvalue weighted by Crippen LogP contribution is 2.34.